The highest BCUT2D eigenvalue weighted by Crippen LogP contribution is 2.57. The molecule has 1 aliphatic rings. The molecule has 1 heterocycles. The molecule has 0 amide bonds. The molecule has 0 aliphatic heterocycles. The van der Waals surface area contributed by atoms with E-state index in [9.17, 15) is 0 Å². The van der Waals surface area contributed by atoms with Gasteiger partial charge in [-0.1, -0.05) is 91.0 Å². The Labute approximate surface area is 188 Å². The SMILES string of the molecule is Cc1cccc2c1-c1ccc(-c3ncccn3)cc1C2(c1ccccc1)c1ccccc1. The molecule has 0 N–H and O–H groups in total. The first-order chi connectivity index (χ1) is 15.8. The van der Waals surface area contributed by atoms with Crippen molar-refractivity contribution in [1.82, 2.24) is 9.97 Å². The molecule has 0 radical (unpaired) electrons. The van der Waals surface area contributed by atoms with Crippen LogP contribution in [0, 0.1) is 6.92 Å². The summed E-state index contributed by atoms with van der Waals surface area (Å²) in [6, 6.07) is 37.0. The molecule has 4 aromatic carbocycles. The van der Waals surface area contributed by atoms with Crippen molar-refractivity contribution in [2.75, 3.05) is 0 Å². The number of rotatable bonds is 3. The molecular weight excluding hydrogens is 388 g/mol. The summed E-state index contributed by atoms with van der Waals surface area (Å²) in [6.45, 7) is 2.21. The average molecular weight is 411 g/mol. The van der Waals surface area contributed by atoms with E-state index in [0.717, 1.165) is 11.4 Å². The zero-order valence-electron chi connectivity index (χ0n) is 17.9. The van der Waals surface area contributed by atoms with Gasteiger partial charge in [0.05, 0.1) is 5.41 Å². The summed E-state index contributed by atoms with van der Waals surface area (Å²) < 4.78 is 0. The number of aromatic nitrogens is 2. The fraction of sp³-hybridized carbons (Fsp3) is 0.0667. The number of hydrogen-bond donors (Lipinski definition) is 0. The Bertz CT molecular complexity index is 1370. The van der Waals surface area contributed by atoms with Gasteiger partial charge < -0.3 is 0 Å². The van der Waals surface area contributed by atoms with Crippen molar-refractivity contribution in [3.8, 4) is 22.5 Å². The molecule has 5 aromatic rings. The smallest absolute Gasteiger partial charge is 0.159 e. The van der Waals surface area contributed by atoms with Crippen molar-refractivity contribution in [3.63, 3.8) is 0 Å². The van der Waals surface area contributed by atoms with E-state index < -0.39 is 5.41 Å². The van der Waals surface area contributed by atoms with E-state index >= 15 is 0 Å². The molecular formula is C30H22N2. The third kappa shape index (κ3) is 2.59. The largest absolute Gasteiger partial charge is 0.237 e. The van der Waals surface area contributed by atoms with Crippen LogP contribution in [0.3, 0.4) is 0 Å². The number of benzene rings is 4. The topological polar surface area (TPSA) is 25.8 Å². The standard InChI is InChI=1S/C30H22N2/c1-21-10-8-15-26-28(21)25-17-16-22(29-31-18-9-19-32-29)20-27(25)30(26,23-11-4-2-5-12-23)24-13-6-3-7-14-24/h2-20H,1H3. The summed E-state index contributed by atoms with van der Waals surface area (Å²) in [5.74, 6) is 0.748. The van der Waals surface area contributed by atoms with Crippen LogP contribution in [0.5, 0.6) is 0 Å². The molecule has 0 unspecified atom stereocenters. The number of fused-ring (bicyclic) bond motifs is 3. The zero-order chi connectivity index (χ0) is 21.5. The first-order valence-corrected chi connectivity index (χ1v) is 10.9. The first-order valence-electron chi connectivity index (χ1n) is 10.9. The lowest BCUT2D eigenvalue weighted by molar-refractivity contribution is 0.768. The third-order valence-corrected chi connectivity index (χ3v) is 6.61. The Morgan fingerprint density at radius 3 is 1.91 bits per heavy atom. The van der Waals surface area contributed by atoms with Gasteiger partial charge in [0.2, 0.25) is 0 Å². The summed E-state index contributed by atoms with van der Waals surface area (Å²) in [6.07, 6.45) is 3.60. The summed E-state index contributed by atoms with van der Waals surface area (Å²) >= 11 is 0. The Balaban J connectivity index is 1.77. The molecule has 0 saturated carbocycles. The average Bonchev–Trinajstić information content (AvgIpc) is 3.17. The Morgan fingerprint density at radius 1 is 0.594 bits per heavy atom. The Morgan fingerprint density at radius 2 is 1.25 bits per heavy atom. The van der Waals surface area contributed by atoms with E-state index in [2.05, 4.69) is 114 Å². The maximum atomic E-state index is 4.52. The van der Waals surface area contributed by atoms with E-state index in [-0.39, 0.29) is 0 Å². The first kappa shape index (κ1) is 18.7. The summed E-state index contributed by atoms with van der Waals surface area (Å²) in [4.78, 5) is 9.05. The normalized spacial score (nSPS) is 13.4. The predicted octanol–water partition coefficient (Wildman–Crippen LogP) is 6.82. The molecule has 152 valence electrons. The number of aryl methyl sites for hydroxylation is 1. The predicted molar refractivity (Wildman–Crippen MR) is 130 cm³/mol. The number of nitrogens with zero attached hydrogens (tertiary/aromatic N) is 2. The summed E-state index contributed by atoms with van der Waals surface area (Å²) in [5, 5.41) is 0. The lowest BCUT2D eigenvalue weighted by atomic mass is 9.67. The maximum Gasteiger partial charge on any atom is 0.159 e. The highest BCUT2D eigenvalue weighted by molar-refractivity contribution is 5.89. The van der Waals surface area contributed by atoms with Crippen molar-refractivity contribution in [3.05, 3.63) is 143 Å². The fourth-order valence-electron chi connectivity index (χ4n) is 5.31. The Kier molecular flexibility index (Phi) is 4.26. The van der Waals surface area contributed by atoms with Crippen molar-refractivity contribution < 1.29 is 0 Å². The fourth-order valence-corrected chi connectivity index (χ4v) is 5.31. The van der Waals surface area contributed by atoms with E-state index in [1.807, 2.05) is 6.07 Å². The van der Waals surface area contributed by atoms with Gasteiger partial charge in [-0.2, -0.15) is 0 Å². The van der Waals surface area contributed by atoms with Crippen LogP contribution < -0.4 is 0 Å². The van der Waals surface area contributed by atoms with Crippen molar-refractivity contribution in [2.45, 2.75) is 12.3 Å². The highest BCUT2D eigenvalue weighted by atomic mass is 14.8. The van der Waals surface area contributed by atoms with Crippen LogP contribution in [-0.2, 0) is 5.41 Å². The van der Waals surface area contributed by atoms with Gasteiger partial charge in [0, 0.05) is 18.0 Å². The molecule has 0 bridgehead atoms. The van der Waals surface area contributed by atoms with Crippen LogP contribution in [0.25, 0.3) is 22.5 Å². The van der Waals surface area contributed by atoms with Gasteiger partial charge in [0.1, 0.15) is 0 Å². The molecule has 1 aliphatic carbocycles. The van der Waals surface area contributed by atoms with Gasteiger partial charge in [0.15, 0.2) is 5.82 Å². The van der Waals surface area contributed by atoms with Gasteiger partial charge in [-0.25, -0.2) is 9.97 Å². The van der Waals surface area contributed by atoms with Crippen molar-refractivity contribution >= 4 is 0 Å². The van der Waals surface area contributed by atoms with Crippen LogP contribution in [0.1, 0.15) is 27.8 Å². The van der Waals surface area contributed by atoms with Crippen LogP contribution in [-0.4, -0.2) is 9.97 Å². The molecule has 32 heavy (non-hydrogen) atoms. The van der Waals surface area contributed by atoms with Gasteiger partial charge >= 0.3 is 0 Å². The van der Waals surface area contributed by atoms with E-state index in [4.69, 9.17) is 0 Å². The molecule has 0 fully saturated rings. The minimum Gasteiger partial charge on any atom is -0.237 e. The maximum absolute atomic E-state index is 4.52. The quantitative estimate of drug-likeness (QED) is 0.320. The zero-order valence-corrected chi connectivity index (χ0v) is 17.9. The van der Waals surface area contributed by atoms with Crippen molar-refractivity contribution in [2.24, 2.45) is 0 Å². The second-order valence-corrected chi connectivity index (χ2v) is 8.31. The highest BCUT2D eigenvalue weighted by Gasteiger charge is 2.46. The second kappa shape index (κ2) is 7.28. The lowest BCUT2D eigenvalue weighted by Crippen LogP contribution is -2.28. The molecule has 1 aromatic heterocycles. The molecule has 0 saturated heterocycles. The lowest BCUT2D eigenvalue weighted by Gasteiger charge is -2.34. The minimum atomic E-state index is -0.399. The third-order valence-electron chi connectivity index (χ3n) is 6.61. The van der Waals surface area contributed by atoms with Crippen LogP contribution in [0.15, 0.2) is 116 Å². The van der Waals surface area contributed by atoms with Gasteiger partial charge in [-0.3, -0.25) is 0 Å². The summed E-state index contributed by atoms with van der Waals surface area (Å²) in [5.41, 5.74) is 9.68. The molecule has 2 heteroatoms. The van der Waals surface area contributed by atoms with Crippen LogP contribution in [0.2, 0.25) is 0 Å². The minimum absolute atomic E-state index is 0.399. The van der Waals surface area contributed by atoms with E-state index in [0.29, 0.717) is 0 Å². The number of hydrogen-bond acceptors (Lipinski definition) is 2. The molecule has 0 spiro atoms. The molecule has 6 rings (SSSR count). The molecule has 0 atom stereocenters. The van der Waals surface area contributed by atoms with E-state index in [1.165, 1.54) is 38.9 Å². The van der Waals surface area contributed by atoms with E-state index in [1.54, 1.807) is 12.4 Å². The van der Waals surface area contributed by atoms with Crippen molar-refractivity contribution in [1.29, 1.82) is 0 Å². The van der Waals surface area contributed by atoms with Gasteiger partial charge in [0.25, 0.3) is 0 Å². The Hall–Kier alpha value is -4.04. The van der Waals surface area contributed by atoms with Gasteiger partial charge in [-0.05, 0) is 58.0 Å². The second-order valence-electron chi connectivity index (χ2n) is 8.31. The molecule has 2 nitrogen and oxygen atoms in total. The monoisotopic (exact) mass is 410 g/mol. The van der Waals surface area contributed by atoms with Gasteiger partial charge in [-0.15, -0.1) is 0 Å². The van der Waals surface area contributed by atoms with Crippen LogP contribution >= 0.6 is 0 Å². The van der Waals surface area contributed by atoms with Crippen LogP contribution in [0.4, 0.5) is 0 Å². The summed E-state index contributed by atoms with van der Waals surface area (Å²) in [7, 11) is 0.